The number of amides is 1. The van der Waals surface area contributed by atoms with Gasteiger partial charge in [0.2, 0.25) is 0 Å². The van der Waals surface area contributed by atoms with E-state index in [1.54, 1.807) is 12.1 Å². The van der Waals surface area contributed by atoms with E-state index in [1.807, 2.05) is 42.1 Å². The Morgan fingerprint density at radius 2 is 2.03 bits per heavy atom. The largest absolute Gasteiger partial charge is 0.465 e. The highest BCUT2D eigenvalue weighted by atomic mass is 35.5. The lowest BCUT2D eigenvalue weighted by molar-refractivity contribution is 0.198. The number of hydrogen-bond acceptors (Lipinski definition) is 4. The third kappa shape index (κ3) is 4.30. The maximum Gasteiger partial charge on any atom is 0.412 e. The van der Waals surface area contributed by atoms with E-state index in [0.29, 0.717) is 28.3 Å². The van der Waals surface area contributed by atoms with E-state index in [2.05, 4.69) is 16.6 Å². The molecule has 3 aromatic rings. The smallest absolute Gasteiger partial charge is 0.412 e. The van der Waals surface area contributed by atoms with Crippen molar-refractivity contribution >= 4 is 23.4 Å². The van der Waals surface area contributed by atoms with E-state index >= 15 is 0 Å². The summed E-state index contributed by atoms with van der Waals surface area (Å²) in [6.45, 7) is 3.92. The number of fused-ring (bicyclic) bond motifs is 1. The minimum Gasteiger partial charge on any atom is -0.465 e. The fourth-order valence-corrected chi connectivity index (χ4v) is 5.02. The van der Waals surface area contributed by atoms with Gasteiger partial charge in [0.25, 0.3) is 0 Å². The first-order valence-electron chi connectivity index (χ1n) is 11.4. The van der Waals surface area contributed by atoms with Gasteiger partial charge in [0.1, 0.15) is 11.5 Å². The molecular formula is C25H27ClN4O3. The summed E-state index contributed by atoms with van der Waals surface area (Å²) in [6.07, 6.45) is 6.53. The predicted octanol–water partition coefficient (Wildman–Crippen LogP) is 5.74. The van der Waals surface area contributed by atoms with E-state index in [-0.39, 0.29) is 6.04 Å². The number of ether oxygens (including phenoxy) is 1. The van der Waals surface area contributed by atoms with Crippen molar-refractivity contribution in [3.63, 3.8) is 0 Å². The summed E-state index contributed by atoms with van der Waals surface area (Å²) in [5.41, 5.74) is 3.41. The van der Waals surface area contributed by atoms with Crippen molar-refractivity contribution in [2.24, 2.45) is 0 Å². The average molecular weight is 467 g/mol. The second kappa shape index (κ2) is 9.08. The molecule has 3 heterocycles. The lowest BCUT2D eigenvalue weighted by atomic mass is 9.92. The molecule has 1 fully saturated rings. The summed E-state index contributed by atoms with van der Waals surface area (Å²) < 4.78 is 8.46. The Morgan fingerprint density at radius 1 is 1.21 bits per heavy atom. The van der Waals surface area contributed by atoms with Crippen LogP contribution in [0.5, 0.6) is 11.5 Å². The number of anilines is 1. The van der Waals surface area contributed by atoms with Crippen LogP contribution in [-0.4, -0.2) is 40.1 Å². The van der Waals surface area contributed by atoms with Crippen LogP contribution in [0.3, 0.4) is 0 Å². The predicted molar refractivity (Wildman–Crippen MR) is 129 cm³/mol. The van der Waals surface area contributed by atoms with Gasteiger partial charge >= 0.3 is 6.09 Å². The Balaban J connectivity index is 1.60. The van der Waals surface area contributed by atoms with Gasteiger partial charge in [-0.05, 0) is 76.0 Å². The van der Waals surface area contributed by atoms with Crippen molar-refractivity contribution in [1.82, 2.24) is 15.1 Å². The standard InChI is InChI=1S/C25H27ClN4O3/c1-16-5-6-22-23(30(16)25(31)32)8-7-21(24(22)33-20-4-2-3-18(26)13-20)17-14-28-29(15-17)19-9-11-27-12-10-19/h2-4,7-8,13-16,19,27H,5-6,9-12H2,1H3,(H,31,32)/t16-/m0/s1. The van der Waals surface area contributed by atoms with Gasteiger partial charge in [-0.3, -0.25) is 9.58 Å². The van der Waals surface area contributed by atoms with Crippen molar-refractivity contribution in [2.75, 3.05) is 18.0 Å². The second-order valence-electron chi connectivity index (χ2n) is 8.73. The van der Waals surface area contributed by atoms with Crippen LogP contribution in [-0.2, 0) is 6.42 Å². The first-order valence-corrected chi connectivity index (χ1v) is 11.8. The molecule has 1 saturated heterocycles. The molecule has 1 aromatic heterocycles. The lowest BCUT2D eigenvalue weighted by Gasteiger charge is -2.34. The molecule has 8 heteroatoms. The van der Waals surface area contributed by atoms with Crippen molar-refractivity contribution in [3.05, 3.63) is 59.4 Å². The van der Waals surface area contributed by atoms with Crippen LogP contribution in [0.2, 0.25) is 5.02 Å². The summed E-state index contributed by atoms with van der Waals surface area (Å²) in [5, 5.41) is 18.5. The first kappa shape index (κ1) is 21.8. The summed E-state index contributed by atoms with van der Waals surface area (Å²) in [4.78, 5) is 13.5. The van der Waals surface area contributed by atoms with Crippen LogP contribution in [0.15, 0.2) is 48.8 Å². The number of hydrogen-bond donors (Lipinski definition) is 2. The Hall–Kier alpha value is -3.03. The van der Waals surface area contributed by atoms with Gasteiger partial charge in [-0.25, -0.2) is 4.79 Å². The van der Waals surface area contributed by atoms with Gasteiger partial charge < -0.3 is 15.2 Å². The van der Waals surface area contributed by atoms with Crippen LogP contribution < -0.4 is 15.0 Å². The molecule has 7 nitrogen and oxygen atoms in total. The number of carbonyl (C=O) groups is 1. The van der Waals surface area contributed by atoms with E-state index in [0.717, 1.165) is 55.5 Å². The number of nitrogens with one attached hydrogen (secondary N) is 1. The minimum atomic E-state index is -0.955. The molecule has 0 saturated carbocycles. The maximum atomic E-state index is 12.0. The van der Waals surface area contributed by atoms with Crippen molar-refractivity contribution in [1.29, 1.82) is 0 Å². The van der Waals surface area contributed by atoms with Crippen molar-refractivity contribution < 1.29 is 14.6 Å². The number of benzene rings is 2. The summed E-state index contributed by atoms with van der Waals surface area (Å²) in [5.74, 6) is 1.28. The Morgan fingerprint density at radius 3 is 2.79 bits per heavy atom. The monoisotopic (exact) mass is 466 g/mol. The van der Waals surface area contributed by atoms with Gasteiger partial charge in [0.05, 0.1) is 17.9 Å². The van der Waals surface area contributed by atoms with Crippen LogP contribution >= 0.6 is 11.6 Å². The van der Waals surface area contributed by atoms with Crippen LogP contribution in [0.4, 0.5) is 10.5 Å². The van der Waals surface area contributed by atoms with Gasteiger partial charge in [-0.2, -0.15) is 5.10 Å². The number of nitrogens with zero attached hydrogens (tertiary/aromatic N) is 3. The zero-order valence-corrected chi connectivity index (χ0v) is 19.3. The van der Waals surface area contributed by atoms with Crippen LogP contribution in [0, 0.1) is 0 Å². The number of carboxylic acid groups (broad SMARTS) is 1. The molecule has 1 atom stereocenters. The molecule has 1 amide bonds. The molecule has 33 heavy (non-hydrogen) atoms. The average Bonchev–Trinajstić information content (AvgIpc) is 3.29. The molecular weight excluding hydrogens is 440 g/mol. The zero-order chi connectivity index (χ0) is 22.9. The fraction of sp³-hybridized carbons (Fsp3) is 0.360. The topological polar surface area (TPSA) is 79.6 Å². The number of rotatable bonds is 4. The highest BCUT2D eigenvalue weighted by Gasteiger charge is 2.32. The fourth-order valence-electron chi connectivity index (χ4n) is 4.84. The molecule has 2 aliphatic rings. The van der Waals surface area contributed by atoms with Gasteiger partial charge in [-0.1, -0.05) is 17.7 Å². The first-order chi connectivity index (χ1) is 16.0. The third-order valence-electron chi connectivity index (χ3n) is 6.57. The molecule has 2 N–H and O–H groups in total. The molecule has 172 valence electrons. The van der Waals surface area contributed by atoms with Crippen LogP contribution in [0.1, 0.15) is 37.8 Å². The zero-order valence-electron chi connectivity index (χ0n) is 18.5. The lowest BCUT2D eigenvalue weighted by Crippen LogP contribution is -2.41. The highest BCUT2D eigenvalue weighted by molar-refractivity contribution is 6.30. The number of aromatic nitrogens is 2. The summed E-state index contributed by atoms with van der Waals surface area (Å²) in [6, 6.07) is 11.4. The molecule has 0 spiro atoms. The Bertz CT molecular complexity index is 1170. The van der Waals surface area contributed by atoms with Gasteiger partial charge in [0, 0.05) is 34.0 Å². The van der Waals surface area contributed by atoms with Crippen molar-refractivity contribution in [2.45, 2.75) is 44.7 Å². The van der Waals surface area contributed by atoms with E-state index in [4.69, 9.17) is 16.3 Å². The SMILES string of the molecule is C[C@H]1CCc2c(ccc(-c3cnn(C4CCNCC4)c3)c2Oc2cccc(Cl)c2)N1C(=O)O. The van der Waals surface area contributed by atoms with Gasteiger partial charge in [-0.15, -0.1) is 0 Å². The molecule has 5 rings (SSSR count). The molecule has 0 unspecified atom stereocenters. The summed E-state index contributed by atoms with van der Waals surface area (Å²) in [7, 11) is 0. The maximum absolute atomic E-state index is 12.0. The minimum absolute atomic E-state index is 0.0949. The molecule has 0 radical (unpaired) electrons. The molecule has 2 aliphatic heterocycles. The van der Waals surface area contributed by atoms with E-state index < -0.39 is 6.09 Å². The number of halogens is 1. The third-order valence-corrected chi connectivity index (χ3v) is 6.80. The Kier molecular flexibility index (Phi) is 6.00. The quantitative estimate of drug-likeness (QED) is 0.512. The highest BCUT2D eigenvalue weighted by Crippen LogP contribution is 2.45. The summed E-state index contributed by atoms with van der Waals surface area (Å²) >= 11 is 6.20. The van der Waals surface area contributed by atoms with Crippen molar-refractivity contribution in [3.8, 4) is 22.6 Å². The normalized spacial score (nSPS) is 18.7. The van der Waals surface area contributed by atoms with Crippen LogP contribution in [0.25, 0.3) is 11.1 Å². The molecule has 0 aliphatic carbocycles. The number of piperidine rings is 1. The van der Waals surface area contributed by atoms with E-state index in [9.17, 15) is 9.90 Å². The second-order valence-corrected chi connectivity index (χ2v) is 9.17. The van der Waals surface area contributed by atoms with E-state index in [1.165, 1.54) is 4.90 Å². The Labute approximate surface area is 197 Å². The van der Waals surface area contributed by atoms with Gasteiger partial charge in [0.15, 0.2) is 0 Å². The molecule has 0 bridgehead atoms. The molecule has 2 aromatic carbocycles.